The molecule has 2 rings (SSSR count). The van der Waals surface area contributed by atoms with Crippen LogP contribution in [0.15, 0.2) is 18.2 Å². The van der Waals surface area contributed by atoms with Gasteiger partial charge in [-0.2, -0.15) is 0 Å². The third-order valence-electron chi connectivity index (χ3n) is 4.68. The molecule has 31 heavy (non-hydrogen) atoms. The summed E-state index contributed by atoms with van der Waals surface area (Å²) >= 11 is 6.25. The molecule has 4 N–H and O–H groups in total. The Morgan fingerprint density at radius 3 is 2.32 bits per heavy atom. The summed E-state index contributed by atoms with van der Waals surface area (Å²) in [7, 11) is 0. The number of carboxylic acids is 1. The molecule has 0 aliphatic heterocycles. The van der Waals surface area contributed by atoms with Crippen LogP contribution in [-0.4, -0.2) is 51.9 Å². The minimum absolute atomic E-state index is 0.0297. The Morgan fingerprint density at radius 1 is 1.16 bits per heavy atom. The zero-order chi connectivity index (χ0) is 23.5. The smallest absolute Gasteiger partial charge is 0.340 e. The second-order valence-corrected chi connectivity index (χ2v) is 7.74. The predicted molar refractivity (Wildman–Crippen MR) is 109 cm³/mol. The number of Topliss-reactive ketones (excluding diaryl/α,β-unsaturated/α-hetero) is 1. The minimum atomic E-state index is -2.64. The van der Waals surface area contributed by atoms with E-state index >= 15 is 0 Å². The summed E-state index contributed by atoms with van der Waals surface area (Å²) in [5.41, 5.74) is 0.786. The highest BCUT2D eigenvalue weighted by Gasteiger charge is 2.36. The Hall–Kier alpha value is -3.01. The van der Waals surface area contributed by atoms with Crippen LogP contribution >= 0.6 is 11.6 Å². The molecule has 1 aromatic carbocycles. The molecule has 0 aliphatic carbocycles. The highest BCUT2D eigenvalue weighted by molar-refractivity contribution is 6.38. The van der Waals surface area contributed by atoms with Gasteiger partial charge in [0, 0.05) is 10.9 Å². The van der Waals surface area contributed by atoms with Gasteiger partial charge in [0.25, 0.3) is 5.91 Å². The van der Waals surface area contributed by atoms with E-state index in [1.807, 2.05) is 5.32 Å². The lowest BCUT2D eigenvalue weighted by molar-refractivity contribution is -0.146. The molecule has 0 aliphatic rings. The maximum absolute atomic E-state index is 13.9. The lowest BCUT2D eigenvalue weighted by atomic mass is 10.0. The van der Waals surface area contributed by atoms with Gasteiger partial charge in [0.05, 0.1) is 5.02 Å². The van der Waals surface area contributed by atoms with Crippen LogP contribution in [0.4, 0.5) is 8.78 Å². The van der Waals surface area contributed by atoms with Gasteiger partial charge in [0.2, 0.25) is 12.1 Å². The van der Waals surface area contributed by atoms with Crippen LogP contribution in [0, 0.1) is 5.92 Å². The Labute approximate surface area is 181 Å². The first kappa shape index (κ1) is 24.3. The number of carboxylic acid groups (broad SMARTS) is 1. The number of carbonyl (C=O) groups is 4. The average molecular weight is 458 g/mol. The van der Waals surface area contributed by atoms with E-state index in [-0.39, 0.29) is 10.7 Å². The molecule has 11 heteroatoms. The van der Waals surface area contributed by atoms with Crippen LogP contribution in [0.25, 0.3) is 10.9 Å². The Morgan fingerprint density at radius 2 is 1.81 bits per heavy atom. The molecule has 2 unspecified atom stereocenters. The lowest BCUT2D eigenvalue weighted by Crippen LogP contribution is -2.56. The number of hydrogen-bond acceptors (Lipinski definition) is 4. The maximum Gasteiger partial charge on any atom is 0.340 e. The fourth-order valence-electron chi connectivity index (χ4n) is 2.96. The molecule has 2 amide bonds. The molecule has 2 aromatic rings. The van der Waals surface area contributed by atoms with Gasteiger partial charge in [-0.3, -0.25) is 14.4 Å². The number of nitrogens with one attached hydrogen (secondary N) is 3. The molecule has 8 nitrogen and oxygen atoms in total. The van der Waals surface area contributed by atoms with Gasteiger partial charge in [-0.05, 0) is 30.5 Å². The molecule has 168 valence electrons. The monoisotopic (exact) mass is 457 g/mol. The summed E-state index contributed by atoms with van der Waals surface area (Å²) in [5.74, 6) is -4.98. The van der Waals surface area contributed by atoms with Crippen molar-refractivity contribution in [1.82, 2.24) is 15.6 Å². The second-order valence-electron chi connectivity index (χ2n) is 7.36. The first-order valence-electron chi connectivity index (χ1n) is 9.32. The van der Waals surface area contributed by atoms with Gasteiger partial charge in [0.15, 0.2) is 5.78 Å². The number of carbonyl (C=O) groups excluding carboxylic acids is 3. The molecule has 0 bridgehead atoms. The summed E-state index contributed by atoms with van der Waals surface area (Å²) < 4.78 is 26.8. The summed E-state index contributed by atoms with van der Waals surface area (Å²) in [6, 6.07) is 1.45. The molecular weight excluding hydrogens is 436 g/mol. The fraction of sp³-hybridized carbons (Fsp3) is 0.400. The number of halogens is 3. The van der Waals surface area contributed by atoms with Gasteiger partial charge in [0.1, 0.15) is 24.5 Å². The van der Waals surface area contributed by atoms with E-state index in [9.17, 15) is 28.0 Å². The molecule has 3 atom stereocenters. The molecule has 0 spiro atoms. The van der Waals surface area contributed by atoms with Crippen molar-refractivity contribution < 1.29 is 33.1 Å². The number of ketones is 1. The number of alkyl halides is 2. The Kier molecular flexibility index (Phi) is 7.72. The van der Waals surface area contributed by atoms with Crippen molar-refractivity contribution in [1.29, 1.82) is 0 Å². The number of aromatic nitrogens is 1. The zero-order valence-electron chi connectivity index (χ0n) is 17.0. The number of H-pyrrole nitrogens is 1. The van der Waals surface area contributed by atoms with E-state index in [2.05, 4.69) is 10.3 Å². The first-order valence-corrected chi connectivity index (χ1v) is 9.70. The molecule has 0 saturated carbocycles. The van der Waals surface area contributed by atoms with Crippen molar-refractivity contribution in [2.45, 2.75) is 45.7 Å². The van der Waals surface area contributed by atoms with Gasteiger partial charge in [-0.15, -0.1) is 0 Å². The van der Waals surface area contributed by atoms with Gasteiger partial charge in [-0.25, -0.2) is 13.6 Å². The van der Waals surface area contributed by atoms with Gasteiger partial charge in [-0.1, -0.05) is 31.5 Å². The number of aliphatic carboxylic acids is 1. The first-order chi connectivity index (χ1) is 14.5. The van der Waals surface area contributed by atoms with Crippen LogP contribution < -0.4 is 10.6 Å². The quantitative estimate of drug-likeness (QED) is 0.460. The minimum Gasteiger partial charge on any atom is -0.479 e. The maximum atomic E-state index is 13.9. The van der Waals surface area contributed by atoms with E-state index < -0.39 is 54.4 Å². The van der Waals surface area contributed by atoms with E-state index in [1.165, 1.54) is 12.1 Å². The molecular formula is C20H22ClF2N3O5. The normalized spacial score (nSPS) is 14.2. The largest absolute Gasteiger partial charge is 0.479 e. The van der Waals surface area contributed by atoms with E-state index in [0.29, 0.717) is 16.5 Å². The number of rotatable bonds is 9. The molecule has 0 fully saturated rings. The number of benzene rings is 1. The lowest BCUT2D eigenvalue weighted by Gasteiger charge is -2.25. The fourth-order valence-corrected chi connectivity index (χ4v) is 3.25. The van der Waals surface area contributed by atoms with Crippen molar-refractivity contribution in [2.24, 2.45) is 5.92 Å². The molecule has 0 saturated heterocycles. The number of aromatic amines is 1. The van der Waals surface area contributed by atoms with Crippen LogP contribution in [-0.2, 0) is 21.1 Å². The molecule has 0 radical (unpaired) electrons. The van der Waals surface area contributed by atoms with Crippen molar-refractivity contribution in [3.05, 3.63) is 34.5 Å². The highest BCUT2D eigenvalue weighted by Crippen LogP contribution is 2.28. The van der Waals surface area contributed by atoms with Crippen LogP contribution in [0.3, 0.4) is 0 Å². The summed E-state index contributed by atoms with van der Waals surface area (Å²) in [4.78, 5) is 50.6. The van der Waals surface area contributed by atoms with Crippen LogP contribution in [0.2, 0.25) is 5.02 Å². The van der Waals surface area contributed by atoms with Crippen molar-refractivity contribution in [3.8, 4) is 0 Å². The molecule has 1 aromatic heterocycles. The van der Waals surface area contributed by atoms with Crippen molar-refractivity contribution in [3.63, 3.8) is 0 Å². The van der Waals surface area contributed by atoms with Crippen molar-refractivity contribution in [2.75, 3.05) is 0 Å². The summed E-state index contributed by atoms with van der Waals surface area (Å²) in [6.45, 7) is 3.42. The standard InChI is InChI=1S/C20H22ClF2N3O5/c1-8(2)15(18(28)26-16(9(3)27)14(23)20(30)31)25-19(29)17-13(21)11-6-10(7-22)4-5-12(11)24-17/h4-6,8,14-16,24H,7H2,1-3H3,(H,25,29)(H,26,28)(H,30,31)/t14?,15-,16?/m0/s1. The SMILES string of the molecule is CC(=O)C(NC(=O)[C@@H](NC(=O)c1[nH]c2ccc(CF)cc2c1Cl)C(C)C)C(F)C(=O)O. The van der Waals surface area contributed by atoms with Gasteiger partial charge >= 0.3 is 5.97 Å². The van der Waals surface area contributed by atoms with Gasteiger partial charge < -0.3 is 20.7 Å². The van der Waals surface area contributed by atoms with Crippen LogP contribution in [0.5, 0.6) is 0 Å². The zero-order valence-corrected chi connectivity index (χ0v) is 17.7. The third kappa shape index (κ3) is 5.38. The van der Waals surface area contributed by atoms with Crippen molar-refractivity contribution >= 4 is 46.1 Å². The topological polar surface area (TPSA) is 128 Å². The molecule has 1 heterocycles. The summed E-state index contributed by atoms with van der Waals surface area (Å²) in [5, 5.41) is 13.8. The summed E-state index contributed by atoms with van der Waals surface area (Å²) in [6.07, 6.45) is -2.64. The average Bonchev–Trinajstić information content (AvgIpc) is 3.04. The third-order valence-corrected chi connectivity index (χ3v) is 5.07. The highest BCUT2D eigenvalue weighted by atomic mass is 35.5. The van der Waals surface area contributed by atoms with E-state index in [0.717, 1.165) is 6.92 Å². The predicted octanol–water partition coefficient (Wildman–Crippen LogP) is 2.54. The second kappa shape index (κ2) is 9.86. The number of amides is 2. The van der Waals surface area contributed by atoms with E-state index in [1.54, 1.807) is 19.9 Å². The van der Waals surface area contributed by atoms with Crippen LogP contribution in [0.1, 0.15) is 36.8 Å². The Bertz CT molecular complexity index is 1020. The number of hydrogen-bond donors (Lipinski definition) is 4. The number of fused-ring (bicyclic) bond motifs is 1. The Balaban J connectivity index is 2.26. The van der Waals surface area contributed by atoms with E-state index in [4.69, 9.17) is 16.7 Å².